The number of carbonyl (C=O) groups is 2. The highest BCUT2D eigenvalue weighted by Gasteiger charge is 2.59. The lowest BCUT2D eigenvalue weighted by Gasteiger charge is -2.33. The van der Waals surface area contributed by atoms with Crippen molar-refractivity contribution in [1.82, 2.24) is 45.7 Å². The summed E-state index contributed by atoms with van der Waals surface area (Å²) in [5, 5.41) is 32.9. The fraction of sp³-hybridized carbons (Fsp3) is 0.571. The Hall–Kier alpha value is -4.69. The zero-order valence-corrected chi connectivity index (χ0v) is 25.6. The van der Waals surface area contributed by atoms with Crippen molar-refractivity contribution in [2.24, 2.45) is 5.92 Å². The van der Waals surface area contributed by atoms with Crippen LogP contribution in [-0.4, -0.2) is 70.2 Å². The van der Waals surface area contributed by atoms with E-state index in [0.717, 1.165) is 0 Å². The van der Waals surface area contributed by atoms with Crippen LogP contribution in [0, 0.1) is 5.92 Å². The van der Waals surface area contributed by atoms with Crippen LogP contribution in [0.4, 0.5) is 30.7 Å². The Bertz CT molecular complexity index is 1860. The number of fused-ring (bicyclic) bond motifs is 1. The van der Waals surface area contributed by atoms with Crippen molar-refractivity contribution in [2.45, 2.75) is 94.0 Å². The van der Waals surface area contributed by atoms with Gasteiger partial charge in [-0.1, -0.05) is 0 Å². The number of alkyl halides is 7. The summed E-state index contributed by atoms with van der Waals surface area (Å²) < 4.78 is 107. The molecule has 6 rings (SSSR count). The molecule has 5 heterocycles. The number of carbonyl (C=O) groups excluding carboxylic acids is 2. The molecule has 1 aliphatic carbocycles. The highest BCUT2D eigenvalue weighted by molar-refractivity contribution is 5.93. The Balaban J connectivity index is 1.34. The minimum atomic E-state index is -4.81. The minimum Gasteiger partial charge on any atom is -0.421 e. The van der Waals surface area contributed by atoms with Crippen molar-refractivity contribution in [2.75, 3.05) is 0 Å². The lowest BCUT2D eigenvalue weighted by atomic mass is 9.79. The van der Waals surface area contributed by atoms with Crippen LogP contribution in [0.25, 0.3) is 5.65 Å². The summed E-state index contributed by atoms with van der Waals surface area (Å²) >= 11 is 0. The average Bonchev–Trinajstić information content (AvgIpc) is 3.81. The van der Waals surface area contributed by atoms with Crippen molar-refractivity contribution in [3.05, 3.63) is 52.9 Å². The maximum absolute atomic E-state index is 14.0. The van der Waals surface area contributed by atoms with Gasteiger partial charge in [0.25, 0.3) is 12.3 Å². The molecule has 0 unspecified atom stereocenters. The van der Waals surface area contributed by atoms with Gasteiger partial charge in [-0.3, -0.25) is 9.59 Å². The van der Waals surface area contributed by atoms with E-state index in [1.54, 1.807) is 0 Å². The number of nitrogens with one attached hydrogen (secondary N) is 2. The molecule has 0 spiro atoms. The van der Waals surface area contributed by atoms with Crippen LogP contribution in [0.2, 0.25) is 0 Å². The lowest BCUT2D eigenvalue weighted by Crippen LogP contribution is -2.40. The molecule has 264 valence electrons. The second-order valence-electron chi connectivity index (χ2n) is 12.8. The van der Waals surface area contributed by atoms with Gasteiger partial charge >= 0.3 is 6.18 Å². The third-order valence-electron chi connectivity index (χ3n) is 8.72. The molecular formula is C28H28F7N9O5. The maximum Gasteiger partial charge on any atom is 0.408 e. The maximum atomic E-state index is 14.0. The highest BCUT2D eigenvalue weighted by atomic mass is 19.4. The zero-order chi connectivity index (χ0) is 35.5. The van der Waals surface area contributed by atoms with Gasteiger partial charge in [-0.2, -0.15) is 18.3 Å². The Morgan fingerprint density at radius 3 is 2.51 bits per heavy atom. The van der Waals surface area contributed by atoms with Gasteiger partial charge in [0.05, 0.1) is 24.1 Å². The number of aromatic nitrogens is 7. The van der Waals surface area contributed by atoms with E-state index in [9.17, 15) is 45.4 Å². The van der Waals surface area contributed by atoms with Crippen LogP contribution >= 0.6 is 0 Å². The van der Waals surface area contributed by atoms with Crippen molar-refractivity contribution < 1.29 is 54.5 Å². The molecule has 4 aromatic heterocycles. The van der Waals surface area contributed by atoms with Gasteiger partial charge in [0.15, 0.2) is 11.3 Å². The van der Waals surface area contributed by atoms with E-state index in [2.05, 4.69) is 40.5 Å². The van der Waals surface area contributed by atoms with Gasteiger partial charge in [-0.15, -0.1) is 10.2 Å². The number of halogens is 7. The van der Waals surface area contributed by atoms with E-state index in [1.165, 1.54) is 36.8 Å². The standard InChI is InChI=1S/C28H28F7N9O5/c1-25(2,47)23-40-41-24(48-23)26(9-15(28(33,34)35)38-22(26)46)8-12-7-16-37-14(11-44(16)36-10-12)17(13-3-5-27(31,32)6-4-13)39-21(45)19-18(20(29)30)42-49-43-19/h7,10-11,13,15,17,20,47H,3-6,8-9H2,1-2H3,(H,38,46)(H,39,45)/t15-,17-,26+/m0/s1. The summed E-state index contributed by atoms with van der Waals surface area (Å²) in [4.78, 5) is 30.8. The largest absolute Gasteiger partial charge is 0.421 e. The number of hydrogen-bond acceptors (Lipinski definition) is 11. The number of rotatable bonds is 9. The Kier molecular flexibility index (Phi) is 8.39. The van der Waals surface area contributed by atoms with Gasteiger partial charge in [-0.05, 0) is 67.4 Å². The fourth-order valence-electron chi connectivity index (χ4n) is 6.13. The first-order valence-corrected chi connectivity index (χ1v) is 14.9. The smallest absolute Gasteiger partial charge is 0.408 e. The second-order valence-corrected chi connectivity index (χ2v) is 12.8. The zero-order valence-electron chi connectivity index (χ0n) is 25.6. The molecule has 1 saturated carbocycles. The van der Waals surface area contributed by atoms with Crippen LogP contribution in [-0.2, 0) is 22.2 Å². The first-order valence-electron chi connectivity index (χ1n) is 14.9. The summed E-state index contributed by atoms with van der Waals surface area (Å²) in [6, 6.07) is -1.93. The summed E-state index contributed by atoms with van der Waals surface area (Å²) in [5.74, 6) is -6.49. The summed E-state index contributed by atoms with van der Waals surface area (Å²) in [6.07, 6.45) is -7.72. The number of hydrogen-bond donors (Lipinski definition) is 3. The number of amides is 2. The predicted molar refractivity (Wildman–Crippen MR) is 147 cm³/mol. The van der Waals surface area contributed by atoms with Crippen LogP contribution in [0.3, 0.4) is 0 Å². The van der Waals surface area contributed by atoms with Crippen LogP contribution in [0.15, 0.2) is 27.5 Å². The van der Waals surface area contributed by atoms with E-state index in [1.807, 2.05) is 5.32 Å². The van der Waals surface area contributed by atoms with Gasteiger partial charge in [-0.25, -0.2) is 31.7 Å². The van der Waals surface area contributed by atoms with Crippen molar-refractivity contribution in [3.8, 4) is 0 Å². The molecule has 0 radical (unpaired) electrons. The summed E-state index contributed by atoms with van der Waals surface area (Å²) in [5.41, 5.74) is -5.09. The molecule has 0 aromatic carbocycles. The van der Waals surface area contributed by atoms with Gasteiger partial charge in [0, 0.05) is 12.8 Å². The predicted octanol–water partition coefficient (Wildman–Crippen LogP) is 3.89. The van der Waals surface area contributed by atoms with Crippen LogP contribution in [0.1, 0.15) is 97.6 Å². The SMILES string of the molecule is CC(C)(O)c1nnc([C@]2(Cc3cnn4cc([C@@H](NC(=O)c5nonc5C(F)F)C5CCC(F)(F)CC5)nc4c3)C[C@@H](C(F)(F)F)NC2=O)o1. The molecule has 3 N–H and O–H groups in total. The van der Waals surface area contributed by atoms with E-state index in [4.69, 9.17) is 4.42 Å². The molecule has 0 bridgehead atoms. The molecule has 2 aliphatic rings. The van der Waals surface area contributed by atoms with Gasteiger partial charge in [0.2, 0.25) is 29.3 Å². The summed E-state index contributed by atoms with van der Waals surface area (Å²) in [7, 11) is 0. The Morgan fingerprint density at radius 2 is 1.90 bits per heavy atom. The van der Waals surface area contributed by atoms with Crippen LogP contribution < -0.4 is 10.6 Å². The average molecular weight is 704 g/mol. The van der Waals surface area contributed by atoms with Crippen molar-refractivity contribution in [3.63, 3.8) is 0 Å². The fourth-order valence-corrected chi connectivity index (χ4v) is 6.13. The van der Waals surface area contributed by atoms with E-state index < -0.39 is 102 Å². The van der Waals surface area contributed by atoms with Crippen molar-refractivity contribution in [1.29, 1.82) is 0 Å². The molecule has 2 amide bonds. The molecule has 4 aromatic rings. The third-order valence-corrected chi connectivity index (χ3v) is 8.72. The molecule has 2 fully saturated rings. The molecule has 1 saturated heterocycles. The topological polar surface area (TPSA) is 186 Å². The number of aliphatic hydroxyl groups is 1. The van der Waals surface area contributed by atoms with Crippen LogP contribution in [0.5, 0.6) is 0 Å². The molecule has 14 nitrogen and oxygen atoms in total. The molecule has 3 atom stereocenters. The molecule has 21 heteroatoms. The van der Waals surface area contributed by atoms with E-state index in [-0.39, 0.29) is 35.6 Å². The summed E-state index contributed by atoms with van der Waals surface area (Å²) in [6.45, 7) is 2.62. The Labute approximate surface area is 270 Å². The monoisotopic (exact) mass is 703 g/mol. The normalized spacial score (nSPS) is 22.5. The lowest BCUT2D eigenvalue weighted by molar-refractivity contribution is -0.155. The Morgan fingerprint density at radius 1 is 1.18 bits per heavy atom. The third kappa shape index (κ3) is 6.66. The number of nitrogens with zero attached hydrogens (tertiary/aromatic N) is 7. The van der Waals surface area contributed by atoms with Gasteiger partial charge in [0.1, 0.15) is 17.1 Å². The molecule has 49 heavy (non-hydrogen) atoms. The quantitative estimate of drug-likeness (QED) is 0.215. The van der Waals surface area contributed by atoms with E-state index >= 15 is 0 Å². The second kappa shape index (κ2) is 12.0. The van der Waals surface area contributed by atoms with Crippen molar-refractivity contribution >= 4 is 17.5 Å². The van der Waals surface area contributed by atoms with Gasteiger partial charge < -0.3 is 20.2 Å². The number of imidazole rings is 1. The van der Waals surface area contributed by atoms with E-state index in [0.29, 0.717) is 0 Å². The molecule has 1 aliphatic heterocycles. The first-order chi connectivity index (χ1) is 22.9. The molecular weight excluding hydrogens is 675 g/mol. The first kappa shape index (κ1) is 34.2. The minimum absolute atomic E-state index is 0.0575. The highest BCUT2D eigenvalue weighted by Crippen LogP contribution is 2.43.